The number of rotatable bonds is 3. The number of carbonyl (C=O) groups is 2. The highest BCUT2D eigenvalue weighted by Gasteiger charge is 2.18. The predicted molar refractivity (Wildman–Crippen MR) is 68.1 cm³/mol. The molecule has 0 aliphatic heterocycles. The Hall–Kier alpha value is -3.10. The molecule has 9 nitrogen and oxygen atoms in total. The van der Waals surface area contributed by atoms with Gasteiger partial charge in [-0.05, 0) is 13.0 Å². The van der Waals surface area contributed by atoms with E-state index in [2.05, 4.69) is 15.3 Å². The fourth-order valence-electron chi connectivity index (χ4n) is 1.62. The second-order valence-electron chi connectivity index (χ2n) is 3.99. The fourth-order valence-corrected chi connectivity index (χ4v) is 1.62. The van der Waals surface area contributed by atoms with E-state index in [0.29, 0.717) is 5.69 Å². The molecule has 20 heavy (non-hydrogen) atoms. The summed E-state index contributed by atoms with van der Waals surface area (Å²) in [6, 6.07) is 1.42. The summed E-state index contributed by atoms with van der Waals surface area (Å²) in [6.07, 6.45) is 0.955. The Balaban J connectivity index is 2.35. The van der Waals surface area contributed by atoms with Crippen molar-refractivity contribution < 1.29 is 14.7 Å². The molecule has 1 amide bonds. The Morgan fingerprint density at radius 2 is 1.95 bits per heavy atom. The summed E-state index contributed by atoms with van der Waals surface area (Å²) in [4.78, 5) is 51.7. The number of nitrogens with one attached hydrogen (secondary N) is 4. The lowest BCUT2D eigenvalue weighted by Gasteiger charge is -2.03. The number of aromatic nitrogens is 3. The third kappa shape index (κ3) is 2.51. The second-order valence-corrected chi connectivity index (χ2v) is 3.99. The Bertz CT molecular complexity index is 798. The van der Waals surface area contributed by atoms with Crippen LogP contribution in [0.5, 0.6) is 0 Å². The van der Waals surface area contributed by atoms with E-state index in [1.165, 1.54) is 6.07 Å². The normalized spacial score (nSPS) is 10.2. The van der Waals surface area contributed by atoms with E-state index in [9.17, 15) is 19.2 Å². The summed E-state index contributed by atoms with van der Waals surface area (Å²) in [6.45, 7) is 1.62. The third-order valence-corrected chi connectivity index (χ3v) is 2.48. The largest absolute Gasteiger partial charge is 0.477 e. The molecule has 0 aliphatic rings. The number of carboxylic acid groups (broad SMARTS) is 1. The molecule has 0 atom stereocenters. The minimum absolute atomic E-state index is 0.0330. The van der Waals surface area contributed by atoms with Gasteiger partial charge in [0.2, 0.25) is 0 Å². The lowest BCUT2D eigenvalue weighted by atomic mass is 10.3. The Morgan fingerprint density at radius 3 is 2.55 bits per heavy atom. The SMILES string of the molecule is Cc1cc(NC(=O)c2c[nH]c(=O)[nH]c2=O)c(C(=O)O)[nH]1. The highest BCUT2D eigenvalue weighted by atomic mass is 16.4. The molecule has 0 fully saturated rings. The third-order valence-electron chi connectivity index (χ3n) is 2.48. The number of carboxylic acids is 1. The van der Waals surface area contributed by atoms with E-state index < -0.39 is 23.1 Å². The first kappa shape index (κ1) is 13.3. The molecule has 0 unspecified atom stereocenters. The highest BCUT2D eigenvalue weighted by molar-refractivity contribution is 6.07. The molecule has 0 bridgehead atoms. The van der Waals surface area contributed by atoms with E-state index in [0.717, 1.165) is 6.20 Å². The van der Waals surface area contributed by atoms with Crippen LogP contribution in [0.4, 0.5) is 5.69 Å². The first-order chi connectivity index (χ1) is 9.38. The summed E-state index contributed by atoms with van der Waals surface area (Å²) in [5, 5.41) is 11.3. The maximum Gasteiger partial charge on any atom is 0.354 e. The molecule has 5 N–H and O–H groups in total. The number of hydrogen-bond donors (Lipinski definition) is 5. The molecule has 104 valence electrons. The number of H-pyrrole nitrogens is 3. The van der Waals surface area contributed by atoms with E-state index in [1.54, 1.807) is 6.92 Å². The first-order valence-electron chi connectivity index (χ1n) is 5.44. The lowest BCUT2D eigenvalue weighted by molar-refractivity contribution is 0.0692. The molecule has 9 heteroatoms. The average Bonchev–Trinajstić information content (AvgIpc) is 2.70. The number of carbonyl (C=O) groups excluding carboxylic acids is 1. The number of aryl methyl sites for hydroxylation is 1. The van der Waals surface area contributed by atoms with Crippen molar-refractivity contribution >= 4 is 17.6 Å². The molecule has 0 radical (unpaired) electrons. The maximum absolute atomic E-state index is 11.9. The Labute approximate surface area is 110 Å². The Morgan fingerprint density at radius 1 is 1.25 bits per heavy atom. The number of anilines is 1. The molecule has 2 rings (SSSR count). The maximum atomic E-state index is 11.9. The summed E-state index contributed by atoms with van der Waals surface area (Å²) < 4.78 is 0. The molecular formula is C11H10N4O5. The van der Waals surface area contributed by atoms with Crippen molar-refractivity contribution in [3.05, 3.63) is 50.1 Å². The van der Waals surface area contributed by atoms with Crippen LogP contribution in [0.25, 0.3) is 0 Å². The average molecular weight is 278 g/mol. The topological polar surface area (TPSA) is 148 Å². The fraction of sp³-hybridized carbons (Fsp3) is 0.0909. The van der Waals surface area contributed by atoms with Crippen molar-refractivity contribution in [1.82, 2.24) is 15.0 Å². The molecule has 0 spiro atoms. The smallest absolute Gasteiger partial charge is 0.354 e. The molecule has 0 saturated heterocycles. The Kier molecular flexibility index (Phi) is 3.25. The van der Waals surface area contributed by atoms with Crippen molar-refractivity contribution in [2.75, 3.05) is 5.32 Å². The molecular weight excluding hydrogens is 268 g/mol. The van der Waals surface area contributed by atoms with Crippen LogP contribution in [-0.2, 0) is 0 Å². The number of aromatic carboxylic acids is 1. The van der Waals surface area contributed by atoms with Gasteiger partial charge in [-0.2, -0.15) is 0 Å². The van der Waals surface area contributed by atoms with Crippen molar-refractivity contribution in [2.24, 2.45) is 0 Å². The van der Waals surface area contributed by atoms with Crippen LogP contribution in [0.15, 0.2) is 21.9 Å². The first-order valence-corrected chi connectivity index (χ1v) is 5.44. The van der Waals surface area contributed by atoms with Gasteiger partial charge >= 0.3 is 11.7 Å². The predicted octanol–water partition coefficient (Wildman–Crippen LogP) is -0.350. The van der Waals surface area contributed by atoms with Gasteiger partial charge in [-0.15, -0.1) is 0 Å². The molecule has 0 saturated carbocycles. The quantitative estimate of drug-likeness (QED) is 0.520. The van der Waals surface area contributed by atoms with Gasteiger partial charge in [0.05, 0.1) is 5.69 Å². The van der Waals surface area contributed by atoms with Crippen LogP contribution in [0.3, 0.4) is 0 Å². The van der Waals surface area contributed by atoms with E-state index in [-0.39, 0.29) is 16.9 Å². The van der Waals surface area contributed by atoms with Crippen LogP contribution in [0.1, 0.15) is 26.5 Å². The molecule has 2 heterocycles. The van der Waals surface area contributed by atoms with Gasteiger partial charge in [0.1, 0.15) is 11.3 Å². The standard InChI is InChI=1S/C11H10N4O5/c1-4-2-6(7(13-4)10(18)19)14-8(16)5-3-12-11(20)15-9(5)17/h2-3,13H,1H3,(H,14,16)(H,18,19)(H2,12,15,17,20). The number of amides is 1. The van der Waals surface area contributed by atoms with Gasteiger partial charge in [0.15, 0.2) is 0 Å². The van der Waals surface area contributed by atoms with Gasteiger partial charge in [0, 0.05) is 11.9 Å². The van der Waals surface area contributed by atoms with Crippen molar-refractivity contribution in [1.29, 1.82) is 0 Å². The zero-order valence-electron chi connectivity index (χ0n) is 10.2. The lowest BCUT2D eigenvalue weighted by Crippen LogP contribution is -2.29. The zero-order valence-corrected chi connectivity index (χ0v) is 10.2. The van der Waals surface area contributed by atoms with Crippen LogP contribution in [0.2, 0.25) is 0 Å². The van der Waals surface area contributed by atoms with Gasteiger partial charge in [-0.3, -0.25) is 14.6 Å². The van der Waals surface area contributed by atoms with Crippen LogP contribution in [-0.4, -0.2) is 31.9 Å². The van der Waals surface area contributed by atoms with Crippen LogP contribution < -0.4 is 16.6 Å². The number of aromatic amines is 3. The second kappa shape index (κ2) is 4.88. The van der Waals surface area contributed by atoms with Gasteiger partial charge in [-0.25, -0.2) is 9.59 Å². The highest BCUT2D eigenvalue weighted by Crippen LogP contribution is 2.17. The van der Waals surface area contributed by atoms with Gasteiger partial charge in [-0.1, -0.05) is 0 Å². The van der Waals surface area contributed by atoms with Crippen molar-refractivity contribution in [3.8, 4) is 0 Å². The zero-order chi connectivity index (χ0) is 14.9. The van der Waals surface area contributed by atoms with Crippen molar-refractivity contribution in [3.63, 3.8) is 0 Å². The summed E-state index contributed by atoms with van der Waals surface area (Å²) in [5.41, 5.74) is -1.57. The van der Waals surface area contributed by atoms with Crippen LogP contribution in [0, 0.1) is 6.92 Å². The van der Waals surface area contributed by atoms with E-state index in [4.69, 9.17) is 5.11 Å². The minimum atomic E-state index is -1.25. The summed E-state index contributed by atoms with van der Waals surface area (Å²) >= 11 is 0. The number of hydrogen-bond acceptors (Lipinski definition) is 4. The van der Waals surface area contributed by atoms with Gasteiger partial charge < -0.3 is 20.4 Å². The summed E-state index contributed by atoms with van der Waals surface area (Å²) in [5.74, 6) is -2.08. The molecule has 2 aromatic heterocycles. The van der Waals surface area contributed by atoms with Gasteiger partial charge in [0.25, 0.3) is 11.5 Å². The van der Waals surface area contributed by atoms with Crippen LogP contribution >= 0.6 is 0 Å². The molecule has 2 aromatic rings. The van der Waals surface area contributed by atoms with Crippen molar-refractivity contribution in [2.45, 2.75) is 6.92 Å². The monoisotopic (exact) mass is 278 g/mol. The molecule has 0 aliphatic carbocycles. The minimum Gasteiger partial charge on any atom is -0.477 e. The summed E-state index contributed by atoms with van der Waals surface area (Å²) in [7, 11) is 0. The van der Waals surface area contributed by atoms with E-state index in [1.807, 2.05) is 4.98 Å². The van der Waals surface area contributed by atoms with E-state index >= 15 is 0 Å². The molecule has 0 aromatic carbocycles.